The van der Waals surface area contributed by atoms with E-state index in [4.69, 9.17) is 10.8 Å². The van der Waals surface area contributed by atoms with Gasteiger partial charge in [-0.05, 0) is 31.7 Å². The summed E-state index contributed by atoms with van der Waals surface area (Å²) in [5, 5.41) is 12.7. The maximum atomic E-state index is 9.05. The molecular weight excluding hydrogens is 262 g/mol. The Balaban J connectivity index is 1.85. The molecule has 21 heavy (non-hydrogen) atoms. The molecule has 0 aliphatic carbocycles. The molecule has 0 amide bonds. The van der Waals surface area contributed by atoms with Gasteiger partial charge >= 0.3 is 0 Å². The van der Waals surface area contributed by atoms with Gasteiger partial charge < -0.3 is 16.2 Å². The van der Waals surface area contributed by atoms with Crippen LogP contribution < -0.4 is 11.1 Å². The number of nitrogens with zero attached hydrogens (tertiary/aromatic N) is 1. The molecule has 0 radical (unpaired) electrons. The van der Waals surface area contributed by atoms with Crippen molar-refractivity contribution in [2.24, 2.45) is 5.73 Å². The molecule has 4 heteroatoms. The fourth-order valence-electron chi connectivity index (χ4n) is 3.18. The Kier molecular flexibility index (Phi) is 6.18. The number of piperidine rings is 1. The second-order valence-corrected chi connectivity index (χ2v) is 6.30. The first kappa shape index (κ1) is 16.4. The van der Waals surface area contributed by atoms with Gasteiger partial charge in [0.1, 0.15) is 0 Å². The molecule has 1 fully saturated rings. The monoisotopic (exact) mass is 291 g/mol. The zero-order valence-electron chi connectivity index (χ0n) is 13.1. The minimum Gasteiger partial charge on any atom is -0.396 e. The maximum Gasteiger partial charge on any atom is 0.0445 e. The highest BCUT2D eigenvalue weighted by molar-refractivity contribution is 5.14. The van der Waals surface area contributed by atoms with Crippen LogP contribution >= 0.6 is 0 Å². The molecule has 1 heterocycles. The van der Waals surface area contributed by atoms with Gasteiger partial charge in [0.15, 0.2) is 0 Å². The number of nitrogens with one attached hydrogen (secondary N) is 1. The van der Waals surface area contributed by atoms with Gasteiger partial charge in [-0.15, -0.1) is 0 Å². The Morgan fingerprint density at radius 2 is 1.95 bits per heavy atom. The van der Waals surface area contributed by atoms with Crippen molar-refractivity contribution in [3.8, 4) is 0 Å². The smallest absolute Gasteiger partial charge is 0.0445 e. The van der Waals surface area contributed by atoms with Crippen LogP contribution in [0.1, 0.15) is 31.7 Å². The Labute approximate surface area is 128 Å². The average molecular weight is 291 g/mol. The zero-order valence-corrected chi connectivity index (χ0v) is 13.1. The van der Waals surface area contributed by atoms with Gasteiger partial charge in [0.05, 0.1) is 0 Å². The maximum absolute atomic E-state index is 9.05. The van der Waals surface area contributed by atoms with Crippen molar-refractivity contribution < 1.29 is 5.11 Å². The summed E-state index contributed by atoms with van der Waals surface area (Å²) < 4.78 is 0. The van der Waals surface area contributed by atoms with Gasteiger partial charge in [0.2, 0.25) is 0 Å². The fourth-order valence-corrected chi connectivity index (χ4v) is 3.18. The van der Waals surface area contributed by atoms with Crippen molar-refractivity contribution in [2.75, 3.05) is 26.2 Å². The van der Waals surface area contributed by atoms with Crippen molar-refractivity contribution in [2.45, 2.75) is 44.3 Å². The topological polar surface area (TPSA) is 61.5 Å². The predicted octanol–water partition coefficient (Wildman–Crippen LogP) is 1.34. The Bertz CT molecular complexity index is 402. The second-order valence-electron chi connectivity index (χ2n) is 6.30. The summed E-state index contributed by atoms with van der Waals surface area (Å²) in [7, 11) is 0. The highest BCUT2D eigenvalue weighted by atomic mass is 16.3. The lowest BCUT2D eigenvalue weighted by atomic mass is 9.86. The van der Waals surface area contributed by atoms with Crippen LogP contribution in [0.5, 0.6) is 0 Å². The number of aliphatic hydroxyl groups is 1. The lowest BCUT2D eigenvalue weighted by Gasteiger charge is -2.43. The zero-order chi connectivity index (χ0) is 15.1. The third-order valence-corrected chi connectivity index (χ3v) is 4.57. The van der Waals surface area contributed by atoms with Crippen molar-refractivity contribution >= 4 is 0 Å². The number of nitrogens with two attached hydrogens (primary N) is 1. The van der Waals surface area contributed by atoms with E-state index >= 15 is 0 Å². The highest BCUT2D eigenvalue weighted by Gasteiger charge is 2.33. The summed E-state index contributed by atoms with van der Waals surface area (Å²) in [4.78, 5) is 2.50. The number of hydrogen-bond acceptors (Lipinski definition) is 4. The summed E-state index contributed by atoms with van der Waals surface area (Å²) in [6, 6.07) is 11.0. The standard InChI is InChI=1S/C17H29N3O/c1-15(7-12-21)19-17(14-18)8-10-20(11-9-17)13-16-5-3-2-4-6-16/h2-6,15,19,21H,7-14,18H2,1H3. The Morgan fingerprint density at radius 3 is 2.52 bits per heavy atom. The lowest BCUT2D eigenvalue weighted by molar-refractivity contribution is 0.120. The molecule has 0 saturated carbocycles. The molecule has 1 unspecified atom stereocenters. The molecule has 1 aromatic carbocycles. The van der Waals surface area contributed by atoms with Gasteiger partial charge in [-0.1, -0.05) is 30.3 Å². The molecule has 2 rings (SSSR count). The number of hydrogen-bond donors (Lipinski definition) is 3. The van der Waals surface area contributed by atoms with E-state index in [-0.39, 0.29) is 12.1 Å². The molecule has 1 saturated heterocycles. The molecular formula is C17H29N3O. The van der Waals surface area contributed by atoms with E-state index in [1.165, 1.54) is 5.56 Å². The number of aliphatic hydroxyl groups excluding tert-OH is 1. The number of benzene rings is 1. The number of rotatable bonds is 7. The predicted molar refractivity (Wildman–Crippen MR) is 87.0 cm³/mol. The van der Waals surface area contributed by atoms with Gasteiger partial charge in [-0.3, -0.25) is 4.90 Å². The van der Waals surface area contributed by atoms with Crippen LogP contribution in [0.3, 0.4) is 0 Å². The van der Waals surface area contributed by atoms with E-state index in [0.29, 0.717) is 12.6 Å². The molecule has 0 bridgehead atoms. The van der Waals surface area contributed by atoms with E-state index in [9.17, 15) is 0 Å². The van der Waals surface area contributed by atoms with E-state index in [0.717, 1.165) is 38.9 Å². The van der Waals surface area contributed by atoms with Crippen LogP contribution in [0.2, 0.25) is 0 Å². The third kappa shape index (κ3) is 4.78. The molecule has 1 aliphatic rings. The summed E-state index contributed by atoms with van der Waals surface area (Å²) >= 11 is 0. The first-order valence-corrected chi connectivity index (χ1v) is 8.02. The van der Waals surface area contributed by atoms with Crippen molar-refractivity contribution in [3.05, 3.63) is 35.9 Å². The average Bonchev–Trinajstić information content (AvgIpc) is 2.51. The largest absolute Gasteiger partial charge is 0.396 e. The molecule has 118 valence electrons. The van der Waals surface area contributed by atoms with Gasteiger partial charge in [0.25, 0.3) is 0 Å². The first-order chi connectivity index (χ1) is 10.2. The minimum atomic E-state index is 0.0434. The van der Waals surface area contributed by atoms with E-state index < -0.39 is 0 Å². The van der Waals surface area contributed by atoms with Crippen molar-refractivity contribution in [1.82, 2.24) is 10.2 Å². The Hall–Kier alpha value is -0.940. The lowest BCUT2D eigenvalue weighted by Crippen LogP contribution is -2.59. The third-order valence-electron chi connectivity index (χ3n) is 4.57. The summed E-state index contributed by atoms with van der Waals surface area (Å²) in [5.41, 5.74) is 7.46. The molecule has 1 aliphatic heterocycles. The van der Waals surface area contributed by atoms with Crippen LogP contribution in [0, 0.1) is 0 Å². The number of likely N-dealkylation sites (tertiary alicyclic amines) is 1. The molecule has 1 atom stereocenters. The van der Waals surface area contributed by atoms with Crippen LogP contribution in [-0.2, 0) is 6.54 Å². The molecule has 1 aromatic rings. The van der Waals surface area contributed by atoms with Gasteiger partial charge in [0, 0.05) is 44.4 Å². The molecule has 4 nitrogen and oxygen atoms in total. The van der Waals surface area contributed by atoms with E-state index in [1.54, 1.807) is 0 Å². The van der Waals surface area contributed by atoms with Crippen molar-refractivity contribution in [1.29, 1.82) is 0 Å². The van der Waals surface area contributed by atoms with Gasteiger partial charge in [-0.2, -0.15) is 0 Å². The molecule has 0 aromatic heterocycles. The first-order valence-electron chi connectivity index (χ1n) is 8.02. The van der Waals surface area contributed by atoms with Crippen LogP contribution in [-0.4, -0.2) is 47.8 Å². The van der Waals surface area contributed by atoms with E-state index in [1.807, 2.05) is 0 Å². The SMILES string of the molecule is CC(CCO)NC1(CN)CCN(Cc2ccccc2)CC1. The Morgan fingerprint density at radius 1 is 1.29 bits per heavy atom. The quantitative estimate of drug-likeness (QED) is 0.709. The van der Waals surface area contributed by atoms with E-state index in [2.05, 4.69) is 47.5 Å². The normalized spacial score (nSPS) is 20.3. The fraction of sp³-hybridized carbons (Fsp3) is 0.647. The molecule has 0 spiro atoms. The van der Waals surface area contributed by atoms with Crippen LogP contribution in [0.4, 0.5) is 0 Å². The second kappa shape index (κ2) is 7.90. The van der Waals surface area contributed by atoms with Gasteiger partial charge in [-0.25, -0.2) is 0 Å². The minimum absolute atomic E-state index is 0.0434. The van der Waals surface area contributed by atoms with Crippen LogP contribution in [0.25, 0.3) is 0 Å². The summed E-state index contributed by atoms with van der Waals surface area (Å²) in [6.07, 6.45) is 2.94. The van der Waals surface area contributed by atoms with Crippen molar-refractivity contribution in [3.63, 3.8) is 0 Å². The summed E-state index contributed by atoms with van der Waals surface area (Å²) in [5.74, 6) is 0. The summed E-state index contributed by atoms with van der Waals surface area (Å²) in [6.45, 7) is 6.20. The highest BCUT2D eigenvalue weighted by Crippen LogP contribution is 2.23. The van der Waals surface area contributed by atoms with Crippen LogP contribution in [0.15, 0.2) is 30.3 Å². The molecule has 4 N–H and O–H groups in total.